The van der Waals surface area contributed by atoms with Crippen LogP contribution in [0.5, 0.6) is 0 Å². The Hall–Kier alpha value is -1.22. The maximum absolute atomic E-state index is 8.93. The number of halogens is 2. The summed E-state index contributed by atoms with van der Waals surface area (Å²) in [5, 5.41) is 13.6. The molecule has 0 saturated heterocycles. The molecule has 112 valence electrons. The quantitative estimate of drug-likeness (QED) is 0.775. The third-order valence-electron chi connectivity index (χ3n) is 3.45. The van der Waals surface area contributed by atoms with Crippen molar-refractivity contribution in [3.63, 3.8) is 0 Å². The Bertz CT molecular complexity index is 584. The maximum Gasteiger partial charge on any atom is 0.0595 e. The molecule has 0 spiro atoms. The summed E-state index contributed by atoms with van der Waals surface area (Å²) in [4.78, 5) is 0. The fourth-order valence-electron chi connectivity index (χ4n) is 2.25. The second-order valence-corrected chi connectivity index (χ2v) is 5.76. The molecule has 4 heteroatoms. The van der Waals surface area contributed by atoms with Crippen LogP contribution in [-0.2, 0) is 6.42 Å². The van der Waals surface area contributed by atoms with Gasteiger partial charge in [0.25, 0.3) is 0 Å². The van der Waals surface area contributed by atoms with E-state index >= 15 is 0 Å². The molecule has 0 aliphatic rings. The van der Waals surface area contributed by atoms with Crippen LogP contribution in [0, 0.1) is 0 Å². The second kappa shape index (κ2) is 7.69. The molecule has 0 bridgehead atoms. The van der Waals surface area contributed by atoms with E-state index in [1.165, 1.54) is 0 Å². The normalized spacial score (nSPS) is 12.2. The first-order chi connectivity index (χ1) is 10.1. The van der Waals surface area contributed by atoms with E-state index in [9.17, 15) is 0 Å². The molecule has 21 heavy (non-hydrogen) atoms. The Morgan fingerprint density at radius 1 is 1.05 bits per heavy atom. The van der Waals surface area contributed by atoms with Crippen molar-refractivity contribution in [2.24, 2.45) is 0 Å². The highest BCUT2D eigenvalue weighted by atomic mass is 35.5. The Labute approximate surface area is 135 Å². The largest absolute Gasteiger partial charge is 0.396 e. The highest BCUT2D eigenvalue weighted by Crippen LogP contribution is 2.29. The van der Waals surface area contributed by atoms with Gasteiger partial charge in [-0.25, -0.2) is 0 Å². The van der Waals surface area contributed by atoms with Gasteiger partial charge in [-0.3, -0.25) is 0 Å². The lowest BCUT2D eigenvalue weighted by atomic mass is 10.0. The van der Waals surface area contributed by atoms with E-state index in [-0.39, 0.29) is 12.6 Å². The third-order valence-corrected chi connectivity index (χ3v) is 4.19. The van der Waals surface area contributed by atoms with Crippen molar-refractivity contribution < 1.29 is 5.11 Å². The van der Waals surface area contributed by atoms with Crippen molar-refractivity contribution in [1.29, 1.82) is 0 Å². The van der Waals surface area contributed by atoms with Crippen LogP contribution < -0.4 is 5.32 Å². The average Bonchev–Trinajstić information content (AvgIpc) is 2.50. The zero-order valence-corrected chi connectivity index (χ0v) is 13.5. The Morgan fingerprint density at radius 2 is 1.76 bits per heavy atom. The van der Waals surface area contributed by atoms with Crippen LogP contribution in [0.25, 0.3) is 0 Å². The van der Waals surface area contributed by atoms with Crippen LogP contribution in [0.2, 0.25) is 10.0 Å². The van der Waals surface area contributed by atoms with Crippen molar-refractivity contribution in [3.8, 4) is 0 Å². The van der Waals surface area contributed by atoms with Gasteiger partial charge >= 0.3 is 0 Å². The number of hydrogen-bond acceptors (Lipinski definition) is 2. The molecule has 0 saturated carbocycles. The summed E-state index contributed by atoms with van der Waals surface area (Å²) in [7, 11) is 0. The molecule has 2 aromatic carbocycles. The maximum atomic E-state index is 8.93. The van der Waals surface area contributed by atoms with Crippen LogP contribution >= 0.6 is 23.2 Å². The average molecular weight is 324 g/mol. The van der Waals surface area contributed by atoms with E-state index in [1.54, 1.807) is 0 Å². The number of aliphatic hydroxyl groups is 1. The molecule has 1 unspecified atom stereocenters. The number of hydrogen-bond donors (Lipinski definition) is 2. The fraction of sp³-hybridized carbons (Fsp3) is 0.294. The van der Waals surface area contributed by atoms with Crippen LogP contribution in [0.4, 0.5) is 5.69 Å². The smallest absolute Gasteiger partial charge is 0.0595 e. The van der Waals surface area contributed by atoms with Crippen molar-refractivity contribution in [1.82, 2.24) is 0 Å². The van der Waals surface area contributed by atoms with Crippen LogP contribution in [-0.4, -0.2) is 11.7 Å². The van der Waals surface area contributed by atoms with Crippen LogP contribution in [0.15, 0.2) is 42.5 Å². The van der Waals surface area contributed by atoms with E-state index in [0.717, 1.165) is 23.2 Å². The third kappa shape index (κ3) is 4.37. The van der Waals surface area contributed by atoms with Gasteiger partial charge in [-0.2, -0.15) is 0 Å². The SMILES string of the molecule is CCC(Nc1ccc(CCO)cc1)c1ccc(Cl)c(Cl)c1. The molecule has 2 aromatic rings. The van der Waals surface area contributed by atoms with Gasteiger partial charge in [0.1, 0.15) is 0 Å². The molecule has 0 heterocycles. The lowest BCUT2D eigenvalue weighted by Gasteiger charge is -2.19. The first-order valence-electron chi connectivity index (χ1n) is 7.05. The van der Waals surface area contributed by atoms with Gasteiger partial charge in [0.05, 0.1) is 16.1 Å². The minimum atomic E-state index is 0.174. The molecule has 0 aromatic heterocycles. The molecule has 0 aliphatic carbocycles. The monoisotopic (exact) mass is 323 g/mol. The number of aliphatic hydroxyl groups excluding tert-OH is 1. The molecule has 0 amide bonds. The molecule has 0 radical (unpaired) electrons. The molecule has 2 rings (SSSR count). The van der Waals surface area contributed by atoms with Crippen molar-refractivity contribution in [2.45, 2.75) is 25.8 Å². The van der Waals surface area contributed by atoms with E-state index < -0.39 is 0 Å². The van der Waals surface area contributed by atoms with Gasteiger partial charge in [0.15, 0.2) is 0 Å². The summed E-state index contributed by atoms with van der Waals surface area (Å²) in [5.41, 5.74) is 3.30. The van der Waals surface area contributed by atoms with E-state index in [4.69, 9.17) is 28.3 Å². The summed E-state index contributed by atoms with van der Waals surface area (Å²) in [5.74, 6) is 0. The van der Waals surface area contributed by atoms with E-state index in [1.807, 2.05) is 42.5 Å². The number of anilines is 1. The zero-order chi connectivity index (χ0) is 15.2. The van der Waals surface area contributed by atoms with E-state index in [2.05, 4.69) is 12.2 Å². The van der Waals surface area contributed by atoms with Crippen molar-refractivity contribution in [2.75, 3.05) is 11.9 Å². The summed E-state index contributed by atoms with van der Waals surface area (Å²) >= 11 is 12.1. The van der Waals surface area contributed by atoms with Crippen molar-refractivity contribution >= 4 is 28.9 Å². The fourth-order valence-corrected chi connectivity index (χ4v) is 2.55. The minimum Gasteiger partial charge on any atom is -0.396 e. The van der Waals surface area contributed by atoms with Crippen LogP contribution in [0.1, 0.15) is 30.5 Å². The lowest BCUT2D eigenvalue weighted by Crippen LogP contribution is -2.09. The second-order valence-electron chi connectivity index (χ2n) is 4.95. The Kier molecular flexibility index (Phi) is 5.92. The Balaban J connectivity index is 2.12. The molecule has 1 atom stereocenters. The van der Waals surface area contributed by atoms with E-state index in [0.29, 0.717) is 16.5 Å². The molecule has 2 N–H and O–H groups in total. The van der Waals surface area contributed by atoms with Gasteiger partial charge in [-0.15, -0.1) is 0 Å². The molecule has 0 aliphatic heterocycles. The zero-order valence-electron chi connectivity index (χ0n) is 11.9. The highest BCUT2D eigenvalue weighted by molar-refractivity contribution is 6.42. The van der Waals surface area contributed by atoms with Crippen LogP contribution in [0.3, 0.4) is 0 Å². The van der Waals surface area contributed by atoms with Gasteiger partial charge in [-0.05, 0) is 48.2 Å². The standard InChI is InChI=1S/C17H19Cl2NO/c1-2-17(13-5-8-15(18)16(19)11-13)20-14-6-3-12(4-7-14)9-10-21/h3-8,11,17,20-21H,2,9-10H2,1H3. The first-order valence-corrected chi connectivity index (χ1v) is 7.81. The predicted octanol–water partition coefficient (Wildman–Crippen LogP) is 5.09. The highest BCUT2D eigenvalue weighted by Gasteiger charge is 2.11. The lowest BCUT2D eigenvalue weighted by molar-refractivity contribution is 0.299. The molecular formula is C17H19Cl2NO. The number of benzene rings is 2. The predicted molar refractivity (Wildman–Crippen MR) is 90.3 cm³/mol. The summed E-state index contributed by atoms with van der Waals surface area (Å²) in [6.07, 6.45) is 1.63. The van der Waals surface area contributed by atoms with Gasteiger partial charge < -0.3 is 10.4 Å². The summed E-state index contributed by atoms with van der Waals surface area (Å²) in [6, 6.07) is 14.0. The minimum absolute atomic E-state index is 0.174. The van der Waals surface area contributed by atoms with Gasteiger partial charge in [0, 0.05) is 12.3 Å². The molecule has 2 nitrogen and oxygen atoms in total. The summed E-state index contributed by atoms with van der Waals surface area (Å²) < 4.78 is 0. The summed E-state index contributed by atoms with van der Waals surface area (Å²) in [6.45, 7) is 2.30. The molecular weight excluding hydrogens is 305 g/mol. The Morgan fingerprint density at radius 3 is 2.33 bits per heavy atom. The number of nitrogens with one attached hydrogen (secondary N) is 1. The first kappa shape index (κ1) is 16.2. The molecule has 0 fully saturated rings. The topological polar surface area (TPSA) is 32.3 Å². The van der Waals surface area contributed by atoms with Gasteiger partial charge in [-0.1, -0.05) is 48.3 Å². The van der Waals surface area contributed by atoms with Crippen molar-refractivity contribution in [3.05, 3.63) is 63.6 Å². The number of rotatable bonds is 6. The van der Waals surface area contributed by atoms with Gasteiger partial charge in [0.2, 0.25) is 0 Å².